The third-order valence-electron chi connectivity index (χ3n) is 8.11. The van der Waals surface area contributed by atoms with Crippen LogP contribution in [0.25, 0.3) is 0 Å². The van der Waals surface area contributed by atoms with Gasteiger partial charge < -0.3 is 19.9 Å². The van der Waals surface area contributed by atoms with Crippen LogP contribution in [0.2, 0.25) is 0 Å². The predicted molar refractivity (Wildman–Crippen MR) is 133 cm³/mol. The van der Waals surface area contributed by atoms with Crippen molar-refractivity contribution in [2.24, 2.45) is 5.41 Å². The first-order chi connectivity index (χ1) is 17.0. The van der Waals surface area contributed by atoms with E-state index in [2.05, 4.69) is 15.5 Å². The van der Waals surface area contributed by atoms with E-state index in [1.54, 1.807) is 0 Å². The van der Waals surface area contributed by atoms with Crippen LogP contribution < -0.4 is 10.6 Å². The summed E-state index contributed by atoms with van der Waals surface area (Å²) in [5.41, 5.74) is 1.09. The standard InChI is InChI=1S/C27H37FN4O4/c1-26(2,3)36-25(35)32-15-27(16-32)13-19(14-27)31-10-8-17(9-11-31)20-5-4-18(12-21(20)28)29-22-6-7-23(33)30-24(22)34/h4-5,12,17,19,22,29H,6-11,13-16H2,1-3H3,(H,30,33,34). The summed E-state index contributed by atoms with van der Waals surface area (Å²) in [5, 5.41) is 5.37. The van der Waals surface area contributed by atoms with Gasteiger partial charge in [-0.1, -0.05) is 6.07 Å². The van der Waals surface area contributed by atoms with Crippen molar-refractivity contribution in [3.8, 4) is 0 Å². The Balaban J connectivity index is 1.07. The Kier molecular flexibility index (Phi) is 6.47. The zero-order chi connectivity index (χ0) is 25.7. The maximum Gasteiger partial charge on any atom is 0.410 e. The van der Waals surface area contributed by atoms with E-state index in [1.165, 1.54) is 6.07 Å². The van der Waals surface area contributed by atoms with Crippen LogP contribution in [-0.4, -0.2) is 71.6 Å². The molecule has 1 saturated carbocycles. The molecule has 0 bridgehead atoms. The van der Waals surface area contributed by atoms with Crippen LogP contribution >= 0.6 is 0 Å². The molecule has 3 aliphatic heterocycles. The smallest absolute Gasteiger partial charge is 0.410 e. The van der Waals surface area contributed by atoms with Gasteiger partial charge in [0, 0.05) is 36.7 Å². The van der Waals surface area contributed by atoms with E-state index in [4.69, 9.17) is 4.74 Å². The molecule has 8 nitrogen and oxygen atoms in total. The van der Waals surface area contributed by atoms with Crippen molar-refractivity contribution in [2.75, 3.05) is 31.5 Å². The van der Waals surface area contributed by atoms with Crippen molar-refractivity contribution in [3.63, 3.8) is 0 Å². The molecule has 5 rings (SSSR count). The molecule has 1 aliphatic carbocycles. The zero-order valence-corrected chi connectivity index (χ0v) is 21.4. The van der Waals surface area contributed by atoms with Crippen LogP contribution in [0.3, 0.4) is 0 Å². The highest BCUT2D eigenvalue weighted by atomic mass is 19.1. The van der Waals surface area contributed by atoms with Crippen molar-refractivity contribution >= 4 is 23.6 Å². The number of piperidine rings is 2. The number of rotatable bonds is 4. The number of nitrogens with one attached hydrogen (secondary N) is 2. The minimum atomic E-state index is -0.520. The Hall–Kier alpha value is -2.68. The largest absolute Gasteiger partial charge is 0.444 e. The SMILES string of the molecule is CC(C)(C)OC(=O)N1CC2(CC(N3CCC(c4ccc(NC5CCC(=O)NC5=O)cc4F)CC3)C2)C1. The molecule has 1 spiro atoms. The van der Waals surface area contributed by atoms with Crippen molar-refractivity contribution < 1.29 is 23.5 Å². The Morgan fingerprint density at radius 2 is 1.83 bits per heavy atom. The first-order valence-corrected chi connectivity index (χ1v) is 13.1. The molecule has 1 atom stereocenters. The molecular formula is C27H37FN4O4. The summed E-state index contributed by atoms with van der Waals surface area (Å²) in [5.74, 6) is -0.685. The lowest BCUT2D eigenvalue weighted by molar-refractivity contribution is -0.133. The third-order valence-corrected chi connectivity index (χ3v) is 8.11. The molecule has 9 heteroatoms. The normalized spacial score (nSPS) is 25.2. The molecule has 0 radical (unpaired) electrons. The molecule has 3 heterocycles. The Morgan fingerprint density at radius 3 is 2.44 bits per heavy atom. The first-order valence-electron chi connectivity index (χ1n) is 13.1. The molecule has 2 N–H and O–H groups in total. The summed E-state index contributed by atoms with van der Waals surface area (Å²) in [7, 11) is 0. The average molecular weight is 501 g/mol. The van der Waals surface area contributed by atoms with Crippen molar-refractivity contribution in [3.05, 3.63) is 29.6 Å². The minimum Gasteiger partial charge on any atom is -0.444 e. The summed E-state index contributed by atoms with van der Waals surface area (Å²) in [6.07, 6.45) is 4.56. The number of amides is 3. The highest BCUT2D eigenvalue weighted by Gasteiger charge is 2.55. The number of benzene rings is 1. The molecule has 3 saturated heterocycles. The molecule has 1 aromatic carbocycles. The number of hydrogen-bond donors (Lipinski definition) is 2. The summed E-state index contributed by atoms with van der Waals surface area (Å²) >= 11 is 0. The van der Waals surface area contributed by atoms with Crippen LogP contribution in [0, 0.1) is 11.2 Å². The highest BCUT2D eigenvalue weighted by Crippen LogP contribution is 2.51. The van der Waals surface area contributed by atoms with Crippen LogP contribution in [0.1, 0.15) is 70.8 Å². The number of likely N-dealkylation sites (tertiary alicyclic amines) is 2. The fourth-order valence-corrected chi connectivity index (χ4v) is 6.23. The summed E-state index contributed by atoms with van der Waals surface area (Å²) < 4.78 is 20.5. The number of imide groups is 1. The molecule has 36 heavy (non-hydrogen) atoms. The van der Waals surface area contributed by atoms with Gasteiger partial charge in [0.05, 0.1) is 0 Å². The second kappa shape index (κ2) is 9.32. The maximum atomic E-state index is 15.0. The number of hydrogen-bond acceptors (Lipinski definition) is 6. The summed E-state index contributed by atoms with van der Waals surface area (Å²) in [4.78, 5) is 39.9. The number of carbonyl (C=O) groups is 3. The average Bonchev–Trinajstić information content (AvgIpc) is 2.73. The van der Waals surface area contributed by atoms with Gasteiger partial charge in [-0.05, 0) is 89.6 Å². The van der Waals surface area contributed by atoms with E-state index < -0.39 is 11.6 Å². The van der Waals surface area contributed by atoms with Crippen LogP contribution in [0.5, 0.6) is 0 Å². The number of ether oxygens (including phenoxy) is 1. The van der Waals surface area contributed by atoms with E-state index in [0.717, 1.165) is 57.4 Å². The van der Waals surface area contributed by atoms with Gasteiger partial charge in [-0.15, -0.1) is 0 Å². The lowest BCUT2D eigenvalue weighted by atomic mass is 9.60. The number of anilines is 1. The molecule has 4 aliphatic rings. The predicted octanol–water partition coefficient (Wildman–Crippen LogP) is 3.62. The summed E-state index contributed by atoms with van der Waals surface area (Å²) in [6.45, 7) is 9.17. The van der Waals surface area contributed by atoms with Gasteiger partial charge in [-0.3, -0.25) is 14.9 Å². The second-order valence-electron chi connectivity index (χ2n) is 12.1. The third kappa shape index (κ3) is 5.21. The fourth-order valence-electron chi connectivity index (χ4n) is 6.23. The quantitative estimate of drug-likeness (QED) is 0.614. The van der Waals surface area contributed by atoms with Gasteiger partial charge in [0.15, 0.2) is 0 Å². The molecule has 196 valence electrons. The van der Waals surface area contributed by atoms with E-state index in [1.807, 2.05) is 37.8 Å². The zero-order valence-electron chi connectivity index (χ0n) is 21.4. The molecule has 1 unspecified atom stereocenters. The van der Waals surface area contributed by atoms with Gasteiger partial charge in [-0.2, -0.15) is 0 Å². The number of halogens is 1. The fraction of sp³-hybridized carbons (Fsp3) is 0.667. The summed E-state index contributed by atoms with van der Waals surface area (Å²) in [6, 6.07) is 5.16. The van der Waals surface area contributed by atoms with Crippen molar-refractivity contribution in [1.82, 2.24) is 15.1 Å². The number of carbonyl (C=O) groups excluding carboxylic acids is 3. The van der Waals surface area contributed by atoms with Gasteiger partial charge >= 0.3 is 6.09 Å². The van der Waals surface area contributed by atoms with Gasteiger partial charge in [0.2, 0.25) is 11.8 Å². The lowest BCUT2D eigenvalue weighted by Crippen LogP contribution is -2.68. The topological polar surface area (TPSA) is 91.0 Å². The molecule has 3 amide bonds. The molecule has 0 aromatic heterocycles. The van der Waals surface area contributed by atoms with Crippen LogP contribution in [0.15, 0.2) is 18.2 Å². The van der Waals surface area contributed by atoms with E-state index >= 15 is 0 Å². The van der Waals surface area contributed by atoms with Gasteiger partial charge in [-0.25, -0.2) is 9.18 Å². The Labute approximate surface area is 211 Å². The molecule has 4 fully saturated rings. The van der Waals surface area contributed by atoms with Gasteiger partial charge in [0.25, 0.3) is 0 Å². The second-order valence-corrected chi connectivity index (χ2v) is 12.1. The van der Waals surface area contributed by atoms with Crippen molar-refractivity contribution in [2.45, 2.75) is 82.9 Å². The van der Waals surface area contributed by atoms with E-state index in [9.17, 15) is 18.8 Å². The van der Waals surface area contributed by atoms with Gasteiger partial charge in [0.1, 0.15) is 17.5 Å². The highest BCUT2D eigenvalue weighted by molar-refractivity contribution is 6.01. The Bertz CT molecular complexity index is 1030. The minimum absolute atomic E-state index is 0.186. The first kappa shape index (κ1) is 25.0. The van der Waals surface area contributed by atoms with E-state index in [-0.39, 0.29) is 41.5 Å². The maximum absolute atomic E-state index is 15.0. The Morgan fingerprint density at radius 1 is 1.14 bits per heavy atom. The van der Waals surface area contributed by atoms with Crippen molar-refractivity contribution in [1.29, 1.82) is 0 Å². The number of nitrogens with zero attached hydrogens (tertiary/aromatic N) is 2. The molecular weight excluding hydrogens is 463 g/mol. The lowest BCUT2D eigenvalue weighted by Gasteiger charge is -2.61. The van der Waals surface area contributed by atoms with E-state index in [0.29, 0.717) is 18.2 Å². The van der Waals surface area contributed by atoms with Crippen LogP contribution in [0.4, 0.5) is 14.9 Å². The van der Waals surface area contributed by atoms with Crippen LogP contribution in [-0.2, 0) is 14.3 Å². The monoisotopic (exact) mass is 500 g/mol. The molecule has 1 aromatic rings.